The third-order valence-corrected chi connectivity index (χ3v) is 17.1. The summed E-state index contributed by atoms with van der Waals surface area (Å²) in [6, 6.07) is 57.5. The highest BCUT2D eigenvalue weighted by molar-refractivity contribution is 7.20. The van der Waals surface area contributed by atoms with Gasteiger partial charge < -0.3 is 0 Å². The zero-order valence-electron chi connectivity index (χ0n) is 27.0. The van der Waals surface area contributed by atoms with Crippen LogP contribution in [-0.4, -0.2) is 17.0 Å². The van der Waals surface area contributed by atoms with Gasteiger partial charge in [-0.25, -0.2) is 0 Å². The summed E-state index contributed by atoms with van der Waals surface area (Å²) in [6.07, 6.45) is 6.98. The van der Waals surface area contributed by atoms with Crippen LogP contribution in [0.15, 0.2) is 170 Å². The van der Waals surface area contributed by atoms with Gasteiger partial charge in [0.1, 0.15) is 23.4 Å². The van der Waals surface area contributed by atoms with Crippen LogP contribution in [0.1, 0.15) is 11.1 Å². The van der Waals surface area contributed by atoms with Gasteiger partial charge in [0, 0.05) is 27.6 Å². The maximum atomic E-state index is 2.62. The third kappa shape index (κ3) is 2.52. The van der Waals surface area contributed by atoms with Crippen LogP contribution >= 0.6 is 0 Å². The van der Waals surface area contributed by atoms with Crippen molar-refractivity contribution in [2.45, 2.75) is 5.66 Å². The zero-order valence-corrected chi connectivity index (χ0v) is 28.0. The number of rotatable bonds is 2. The molecule has 7 heterocycles. The van der Waals surface area contributed by atoms with Crippen molar-refractivity contribution in [3.8, 4) is 5.82 Å². The van der Waals surface area contributed by atoms with Crippen molar-refractivity contribution in [1.82, 2.24) is 8.97 Å². The van der Waals surface area contributed by atoms with Crippen molar-refractivity contribution in [2.75, 3.05) is 0 Å². The Kier molecular flexibility index (Phi) is 4.34. The first-order valence-corrected chi connectivity index (χ1v) is 19.5. The van der Waals surface area contributed by atoms with Gasteiger partial charge in [-0.3, -0.25) is 0 Å². The Morgan fingerprint density at radius 2 is 1.10 bits per heavy atom. The summed E-state index contributed by atoms with van der Waals surface area (Å²) >= 11 is 0. The van der Waals surface area contributed by atoms with Gasteiger partial charge in [0.05, 0.1) is 22.7 Å². The van der Waals surface area contributed by atoms with Crippen LogP contribution in [0.4, 0.5) is 0 Å². The lowest BCUT2D eigenvalue weighted by Gasteiger charge is -2.45. The molecule has 0 N–H and O–H groups in total. The van der Waals surface area contributed by atoms with Crippen LogP contribution in [-0.2, 0) is 5.66 Å². The summed E-state index contributed by atoms with van der Waals surface area (Å²) in [5.74, 6) is 1.18. The van der Waals surface area contributed by atoms with Crippen molar-refractivity contribution in [1.29, 1.82) is 0 Å². The SMILES string of the molecule is c1ccc([Si]2(c3ccccc3)c3ccc4c5ccccc5n5cc[n+]6c5c4c3C63c4c2ccc2c5ccccc5n(c42)-c2cccc[n+]23)cc1. The van der Waals surface area contributed by atoms with Crippen molar-refractivity contribution in [2.24, 2.45) is 0 Å². The number of imidazole rings is 1. The van der Waals surface area contributed by atoms with Crippen LogP contribution in [0.25, 0.3) is 54.9 Å². The lowest BCUT2D eigenvalue weighted by molar-refractivity contribution is -0.956. The Balaban J connectivity index is 1.40. The molecule has 6 aromatic carbocycles. The second-order valence-corrected chi connectivity index (χ2v) is 17.8. The standard InChI is InChI=1S/C45H28N4Si/c1-3-13-29(14-4-1)50(30-15-5-2-6-16-30)37-24-22-33-31-17-7-9-19-35(31)46-27-28-48-44(46)40(33)41(37)45(48)42-38(50)25-23-34-32-18-8-10-20-36(32)49(43(34)42)39-21-11-12-26-47(39)45/h1-28H/q+2. The molecule has 0 amide bonds. The number of pyridine rings is 2. The summed E-state index contributed by atoms with van der Waals surface area (Å²) in [6.45, 7) is 0. The van der Waals surface area contributed by atoms with E-state index in [1.807, 2.05) is 0 Å². The van der Waals surface area contributed by atoms with E-state index >= 15 is 0 Å². The van der Waals surface area contributed by atoms with Crippen LogP contribution in [0.5, 0.6) is 0 Å². The molecular formula is C45H28N4Si+2. The first-order valence-electron chi connectivity index (χ1n) is 17.5. The Bertz CT molecular complexity index is 3120. The van der Waals surface area contributed by atoms with Gasteiger partial charge >= 0.3 is 5.66 Å². The fraction of sp³-hybridized carbons (Fsp3) is 0.0222. The van der Waals surface area contributed by atoms with Gasteiger partial charge in [-0.1, -0.05) is 115 Å². The lowest BCUT2D eigenvalue weighted by Crippen LogP contribution is -2.86. The summed E-state index contributed by atoms with van der Waals surface area (Å²) in [5.41, 5.74) is 7.28. The fourth-order valence-corrected chi connectivity index (χ4v) is 15.9. The topological polar surface area (TPSA) is 17.1 Å². The minimum Gasteiger partial charge on any atom is -0.195 e. The van der Waals surface area contributed by atoms with E-state index in [0.29, 0.717) is 0 Å². The molecule has 0 bridgehead atoms. The van der Waals surface area contributed by atoms with E-state index in [-0.39, 0.29) is 0 Å². The molecule has 13 rings (SSSR count). The minimum atomic E-state index is -2.90. The Morgan fingerprint density at radius 1 is 0.480 bits per heavy atom. The van der Waals surface area contributed by atoms with Crippen molar-refractivity contribution >= 4 is 77.9 Å². The molecule has 4 aromatic heterocycles. The number of hydrogen-bond donors (Lipinski definition) is 0. The van der Waals surface area contributed by atoms with Gasteiger partial charge in [0.25, 0.3) is 11.5 Å². The number of hydrogen-bond acceptors (Lipinski definition) is 0. The average molecular weight is 653 g/mol. The van der Waals surface area contributed by atoms with Crippen LogP contribution in [0.3, 0.4) is 0 Å². The average Bonchev–Trinajstić information content (AvgIpc) is 3.87. The molecule has 5 heteroatoms. The van der Waals surface area contributed by atoms with E-state index in [1.165, 1.54) is 86.8 Å². The molecule has 230 valence electrons. The molecule has 3 aliphatic heterocycles. The molecule has 0 radical (unpaired) electrons. The second kappa shape index (κ2) is 8.46. The summed E-state index contributed by atoms with van der Waals surface area (Å²) in [7, 11) is -2.90. The van der Waals surface area contributed by atoms with Crippen LogP contribution in [0, 0.1) is 0 Å². The molecule has 50 heavy (non-hydrogen) atoms. The number of para-hydroxylation sites is 2. The molecule has 4 nitrogen and oxygen atoms in total. The van der Waals surface area contributed by atoms with Gasteiger partial charge in [0.15, 0.2) is 13.6 Å². The van der Waals surface area contributed by atoms with Crippen LogP contribution in [0.2, 0.25) is 0 Å². The van der Waals surface area contributed by atoms with E-state index in [4.69, 9.17) is 0 Å². The first-order chi connectivity index (χ1) is 24.8. The molecule has 1 spiro atoms. The molecule has 0 fully saturated rings. The number of nitrogens with zero attached hydrogens (tertiary/aromatic N) is 4. The van der Waals surface area contributed by atoms with Gasteiger partial charge in [0.2, 0.25) is 0 Å². The normalized spacial score (nSPS) is 17.4. The fourth-order valence-electron chi connectivity index (χ4n) is 10.6. The molecule has 0 saturated carbocycles. The van der Waals surface area contributed by atoms with E-state index in [1.54, 1.807) is 0 Å². The molecule has 10 aromatic rings. The van der Waals surface area contributed by atoms with Crippen molar-refractivity contribution in [3.63, 3.8) is 0 Å². The van der Waals surface area contributed by atoms with Crippen molar-refractivity contribution in [3.05, 3.63) is 181 Å². The van der Waals surface area contributed by atoms with E-state index in [0.717, 1.165) is 0 Å². The largest absolute Gasteiger partial charge is 0.311 e. The summed E-state index contributed by atoms with van der Waals surface area (Å²) in [4.78, 5) is 0. The second-order valence-electron chi connectivity index (χ2n) is 14.1. The Hall–Kier alpha value is -6.30. The van der Waals surface area contributed by atoms with E-state index in [9.17, 15) is 0 Å². The summed E-state index contributed by atoms with van der Waals surface area (Å²) in [5, 5.41) is 12.3. The monoisotopic (exact) mass is 652 g/mol. The highest BCUT2D eigenvalue weighted by Crippen LogP contribution is 2.49. The molecule has 3 aliphatic rings. The van der Waals surface area contributed by atoms with Gasteiger partial charge in [-0.15, -0.1) is 0 Å². The maximum absolute atomic E-state index is 2.90. The minimum absolute atomic E-state index is 0.626. The molecule has 1 atom stereocenters. The Labute approximate surface area is 288 Å². The molecule has 1 unspecified atom stereocenters. The van der Waals surface area contributed by atoms with E-state index in [2.05, 4.69) is 188 Å². The van der Waals surface area contributed by atoms with E-state index < -0.39 is 13.7 Å². The summed E-state index contributed by atoms with van der Waals surface area (Å²) < 4.78 is 10.2. The highest BCUT2D eigenvalue weighted by atomic mass is 28.3. The number of aromatic nitrogens is 4. The maximum Gasteiger partial charge on any atom is 0.311 e. The third-order valence-electron chi connectivity index (χ3n) is 12.2. The predicted molar refractivity (Wildman–Crippen MR) is 202 cm³/mol. The number of benzene rings is 6. The van der Waals surface area contributed by atoms with Gasteiger partial charge in [-0.2, -0.15) is 18.1 Å². The molecule has 0 aliphatic carbocycles. The smallest absolute Gasteiger partial charge is 0.195 e. The molecule has 0 saturated heterocycles. The number of fused-ring (bicyclic) bond motifs is 8. The quantitative estimate of drug-likeness (QED) is 0.133. The van der Waals surface area contributed by atoms with Crippen molar-refractivity contribution < 1.29 is 9.13 Å². The lowest BCUT2D eigenvalue weighted by atomic mass is 9.85. The predicted octanol–water partition coefficient (Wildman–Crippen LogP) is 5.53. The zero-order chi connectivity index (χ0) is 32.3. The molecular weight excluding hydrogens is 625 g/mol. The highest BCUT2D eigenvalue weighted by Gasteiger charge is 2.68. The Morgan fingerprint density at radius 3 is 1.86 bits per heavy atom. The van der Waals surface area contributed by atoms with Crippen LogP contribution < -0.4 is 29.9 Å². The van der Waals surface area contributed by atoms with Gasteiger partial charge in [-0.05, 0) is 51.1 Å². The first kappa shape index (κ1) is 25.7.